The van der Waals surface area contributed by atoms with Crippen LogP contribution in [-0.2, 0) is 16.7 Å². The minimum atomic E-state index is -0.967. The maximum Gasteiger partial charge on any atom is 0.325 e. The Morgan fingerprint density at radius 2 is 2.38 bits per heavy atom. The SMILES string of the molecule is O=C(O)Cn1nnnc1-c1ccc(CBr)s1. The molecular formula is C8H7BrN4O2S. The molecule has 16 heavy (non-hydrogen) atoms. The molecule has 6 nitrogen and oxygen atoms in total. The summed E-state index contributed by atoms with van der Waals surface area (Å²) in [4.78, 5) is 12.6. The van der Waals surface area contributed by atoms with E-state index in [9.17, 15) is 4.79 Å². The molecule has 0 aliphatic heterocycles. The number of nitrogens with zero attached hydrogens (tertiary/aromatic N) is 4. The van der Waals surface area contributed by atoms with Gasteiger partial charge < -0.3 is 5.11 Å². The predicted molar refractivity (Wildman–Crippen MR) is 61.4 cm³/mol. The van der Waals surface area contributed by atoms with Gasteiger partial charge in [-0.25, -0.2) is 4.68 Å². The van der Waals surface area contributed by atoms with Crippen molar-refractivity contribution in [1.82, 2.24) is 20.2 Å². The molecule has 0 amide bonds. The van der Waals surface area contributed by atoms with E-state index in [4.69, 9.17) is 5.11 Å². The van der Waals surface area contributed by atoms with Crippen LogP contribution in [0.25, 0.3) is 10.7 Å². The monoisotopic (exact) mass is 302 g/mol. The summed E-state index contributed by atoms with van der Waals surface area (Å²) in [5, 5.41) is 20.4. The van der Waals surface area contributed by atoms with Gasteiger partial charge in [0.25, 0.3) is 0 Å². The number of rotatable bonds is 4. The Morgan fingerprint density at radius 3 is 3.00 bits per heavy atom. The van der Waals surface area contributed by atoms with Crippen LogP contribution in [0.5, 0.6) is 0 Å². The average Bonchev–Trinajstić information content (AvgIpc) is 2.84. The maximum absolute atomic E-state index is 10.6. The van der Waals surface area contributed by atoms with Crippen LogP contribution < -0.4 is 0 Å². The van der Waals surface area contributed by atoms with Gasteiger partial charge in [-0.3, -0.25) is 4.79 Å². The number of carboxylic acids is 1. The van der Waals surface area contributed by atoms with Gasteiger partial charge in [0.05, 0.1) is 4.88 Å². The molecule has 0 fully saturated rings. The van der Waals surface area contributed by atoms with E-state index in [1.54, 1.807) is 0 Å². The van der Waals surface area contributed by atoms with E-state index in [0.29, 0.717) is 5.82 Å². The number of tetrazole rings is 1. The molecule has 0 atom stereocenters. The summed E-state index contributed by atoms with van der Waals surface area (Å²) >= 11 is 4.88. The van der Waals surface area contributed by atoms with Crippen molar-refractivity contribution < 1.29 is 9.90 Å². The van der Waals surface area contributed by atoms with Crippen molar-refractivity contribution in [2.24, 2.45) is 0 Å². The van der Waals surface area contributed by atoms with E-state index in [-0.39, 0.29) is 6.54 Å². The molecule has 2 aromatic heterocycles. The fourth-order valence-corrected chi connectivity index (χ4v) is 2.56. The number of carbonyl (C=O) groups is 1. The second-order valence-corrected chi connectivity index (χ2v) is 4.68. The number of alkyl halides is 1. The molecule has 0 unspecified atom stereocenters. The summed E-state index contributed by atoms with van der Waals surface area (Å²) < 4.78 is 1.27. The van der Waals surface area contributed by atoms with E-state index in [2.05, 4.69) is 31.5 Å². The van der Waals surface area contributed by atoms with Crippen LogP contribution in [-0.4, -0.2) is 31.3 Å². The first-order valence-corrected chi connectivity index (χ1v) is 6.27. The van der Waals surface area contributed by atoms with Gasteiger partial charge in [-0.15, -0.1) is 16.4 Å². The minimum absolute atomic E-state index is 0.232. The molecule has 2 aromatic rings. The first kappa shape index (κ1) is 11.2. The van der Waals surface area contributed by atoms with Crippen molar-refractivity contribution in [3.05, 3.63) is 17.0 Å². The Balaban J connectivity index is 2.32. The normalized spacial score (nSPS) is 10.6. The Hall–Kier alpha value is -1.28. The molecule has 0 radical (unpaired) electrons. The third-order valence-corrected chi connectivity index (χ3v) is 3.89. The molecule has 1 N–H and O–H groups in total. The summed E-state index contributed by atoms with van der Waals surface area (Å²) in [6.07, 6.45) is 0. The Morgan fingerprint density at radius 1 is 1.56 bits per heavy atom. The van der Waals surface area contributed by atoms with Gasteiger partial charge in [-0.1, -0.05) is 15.9 Å². The molecule has 0 aliphatic carbocycles. The van der Waals surface area contributed by atoms with Gasteiger partial charge in [-0.2, -0.15) is 0 Å². The van der Waals surface area contributed by atoms with Crippen LogP contribution in [0.15, 0.2) is 12.1 Å². The maximum atomic E-state index is 10.6. The summed E-state index contributed by atoms with van der Waals surface area (Å²) in [6.45, 7) is -0.232. The summed E-state index contributed by atoms with van der Waals surface area (Å²) in [6, 6.07) is 3.83. The second kappa shape index (κ2) is 4.71. The highest BCUT2D eigenvalue weighted by molar-refractivity contribution is 9.08. The van der Waals surface area contributed by atoms with Crippen molar-refractivity contribution in [3.63, 3.8) is 0 Å². The molecule has 0 aliphatic rings. The van der Waals surface area contributed by atoms with Crippen LogP contribution in [0.3, 0.4) is 0 Å². The quantitative estimate of drug-likeness (QED) is 0.863. The van der Waals surface area contributed by atoms with Gasteiger partial charge >= 0.3 is 5.97 Å². The lowest BCUT2D eigenvalue weighted by atomic mass is 10.4. The van der Waals surface area contributed by atoms with E-state index >= 15 is 0 Å². The van der Waals surface area contributed by atoms with E-state index in [1.165, 1.54) is 16.0 Å². The fourth-order valence-electron chi connectivity index (χ4n) is 1.19. The zero-order chi connectivity index (χ0) is 11.5. The molecule has 0 aromatic carbocycles. The molecule has 8 heteroatoms. The predicted octanol–water partition coefficient (Wildman–Crippen LogP) is 1.38. The number of carboxylic acid groups (broad SMARTS) is 1. The topological polar surface area (TPSA) is 80.9 Å². The molecule has 0 saturated carbocycles. The van der Waals surface area contributed by atoms with Crippen LogP contribution in [0.4, 0.5) is 0 Å². The van der Waals surface area contributed by atoms with Crippen LogP contribution in [0, 0.1) is 0 Å². The number of halogens is 1. The lowest BCUT2D eigenvalue weighted by Gasteiger charge is -1.97. The standard InChI is InChI=1S/C8H7BrN4O2S/c9-3-5-1-2-6(16-5)8-10-11-12-13(8)4-7(14)15/h1-2H,3-4H2,(H,14,15). The van der Waals surface area contributed by atoms with Gasteiger partial charge in [0, 0.05) is 10.2 Å². The molecule has 0 spiro atoms. The molecule has 2 rings (SSSR count). The highest BCUT2D eigenvalue weighted by Gasteiger charge is 2.13. The number of thiophene rings is 1. The zero-order valence-corrected chi connectivity index (χ0v) is 10.4. The fraction of sp³-hybridized carbons (Fsp3) is 0.250. The Bertz CT molecular complexity index is 510. The summed E-state index contributed by atoms with van der Waals surface area (Å²) in [5.41, 5.74) is 0. The van der Waals surface area contributed by atoms with Gasteiger partial charge in [-0.05, 0) is 22.6 Å². The highest BCUT2D eigenvalue weighted by atomic mass is 79.9. The number of aromatic nitrogens is 4. The number of hydrogen-bond acceptors (Lipinski definition) is 5. The Kier molecular flexibility index (Phi) is 3.30. The molecular weight excluding hydrogens is 296 g/mol. The number of hydrogen-bond donors (Lipinski definition) is 1. The lowest BCUT2D eigenvalue weighted by molar-refractivity contribution is -0.137. The van der Waals surface area contributed by atoms with Gasteiger partial charge in [0.15, 0.2) is 5.82 Å². The van der Waals surface area contributed by atoms with Crippen molar-refractivity contribution >= 4 is 33.2 Å². The van der Waals surface area contributed by atoms with Crippen molar-refractivity contribution in [3.8, 4) is 10.7 Å². The third kappa shape index (κ3) is 2.27. The van der Waals surface area contributed by atoms with Crippen molar-refractivity contribution in [2.75, 3.05) is 0 Å². The van der Waals surface area contributed by atoms with Crippen LogP contribution in [0.2, 0.25) is 0 Å². The van der Waals surface area contributed by atoms with E-state index in [1.807, 2.05) is 12.1 Å². The van der Waals surface area contributed by atoms with E-state index < -0.39 is 5.97 Å². The Labute approximate surface area is 103 Å². The lowest BCUT2D eigenvalue weighted by Crippen LogP contribution is -2.11. The first-order chi connectivity index (χ1) is 7.70. The molecule has 0 saturated heterocycles. The third-order valence-electron chi connectivity index (χ3n) is 1.83. The van der Waals surface area contributed by atoms with Crippen molar-refractivity contribution in [1.29, 1.82) is 0 Å². The second-order valence-electron chi connectivity index (χ2n) is 2.95. The summed E-state index contributed by atoms with van der Waals surface area (Å²) in [5.74, 6) is -0.481. The molecule has 84 valence electrons. The van der Waals surface area contributed by atoms with Crippen molar-refractivity contribution in [2.45, 2.75) is 11.9 Å². The van der Waals surface area contributed by atoms with E-state index in [0.717, 1.165) is 15.1 Å². The molecule has 0 bridgehead atoms. The first-order valence-electron chi connectivity index (χ1n) is 4.33. The van der Waals surface area contributed by atoms with Gasteiger partial charge in [0.1, 0.15) is 6.54 Å². The smallest absolute Gasteiger partial charge is 0.325 e. The van der Waals surface area contributed by atoms with Gasteiger partial charge in [0.2, 0.25) is 0 Å². The summed E-state index contributed by atoms with van der Waals surface area (Å²) in [7, 11) is 0. The highest BCUT2D eigenvalue weighted by Crippen LogP contribution is 2.27. The minimum Gasteiger partial charge on any atom is -0.480 e. The molecule has 2 heterocycles. The van der Waals surface area contributed by atoms with Crippen LogP contribution in [0.1, 0.15) is 4.88 Å². The number of aliphatic carboxylic acids is 1. The largest absolute Gasteiger partial charge is 0.480 e. The average molecular weight is 303 g/mol. The zero-order valence-electron chi connectivity index (χ0n) is 8.00. The van der Waals surface area contributed by atoms with Crippen LogP contribution >= 0.6 is 27.3 Å².